The predicted molar refractivity (Wildman–Crippen MR) is 80.0 cm³/mol. The second-order valence-electron chi connectivity index (χ2n) is 4.74. The van der Waals surface area contributed by atoms with Crippen molar-refractivity contribution in [3.05, 3.63) is 52.7 Å². The van der Waals surface area contributed by atoms with Gasteiger partial charge in [-0.1, -0.05) is 37.6 Å². The third-order valence-corrected chi connectivity index (χ3v) is 3.14. The van der Waals surface area contributed by atoms with Crippen LogP contribution in [0.15, 0.2) is 36.4 Å². The number of nitrogens with zero attached hydrogens (tertiary/aromatic N) is 1. The molecule has 0 radical (unpaired) electrons. The quantitative estimate of drug-likeness (QED) is 0.824. The molecule has 4 nitrogen and oxygen atoms in total. The Morgan fingerprint density at radius 1 is 1.20 bits per heavy atom. The molecule has 0 spiro atoms. The molecule has 0 fully saturated rings. The van der Waals surface area contributed by atoms with Gasteiger partial charge in [0, 0.05) is 5.69 Å². The Labute approximate surface area is 122 Å². The minimum atomic E-state index is -1.05. The maximum atomic E-state index is 11.1. The van der Waals surface area contributed by atoms with Crippen molar-refractivity contribution in [2.45, 2.75) is 19.8 Å². The van der Waals surface area contributed by atoms with Gasteiger partial charge in [0.15, 0.2) is 0 Å². The van der Waals surface area contributed by atoms with E-state index >= 15 is 0 Å². The highest BCUT2D eigenvalue weighted by molar-refractivity contribution is 6.29. The zero-order chi connectivity index (χ0) is 14.7. The van der Waals surface area contributed by atoms with E-state index in [1.165, 1.54) is 17.7 Å². The fourth-order valence-corrected chi connectivity index (χ4v) is 1.94. The lowest BCUT2D eigenvalue weighted by Gasteiger charge is -2.10. The summed E-state index contributed by atoms with van der Waals surface area (Å²) in [5.74, 6) is -0.360. The molecule has 1 aromatic heterocycles. The van der Waals surface area contributed by atoms with Crippen LogP contribution in [0.25, 0.3) is 0 Å². The molecule has 0 aliphatic rings. The lowest BCUT2D eigenvalue weighted by atomic mass is 10.0. The van der Waals surface area contributed by atoms with Crippen LogP contribution in [-0.4, -0.2) is 16.1 Å². The molecule has 0 unspecified atom stereocenters. The number of anilines is 2. The summed E-state index contributed by atoms with van der Waals surface area (Å²) in [7, 11) is 0. The van der Waals surface area contributed by atoms with Gasteiger partial charge in [-0.2, -0.15) is 0 Å². The van der Waals surface area contributed by atoms with Crippen molar-refractivity contribution >= 4 is 29.1 Å². The van der Waals surface area contributed by atoms with Gasteiger partial charge in [-0.15, -0.1) is 0 Å². The van der Waals surface area contributed by atoms with E-state index in [1.54, 1.807) is 0 Å². The van der Waals surface area contributed by atoms with Crippen LogP contribution in [0, 0.1) is 0 Å². The topological polar surface area (TPSA) is 62.2 Å². The number of halogens is 1. The van der Waals surface area contributed by atoms with Gasteiger partial charge in [-0.05, 0) is 35.7 Å². The number of aromatic nitrogens is 1. The third kappa shape index (κ3) is 3.27. The lowest BCUT2D eigenvalue weighted by molar-refractivity contribution is 0.0697. The second kappa shape index (κ2) is 5.92. The Balaban J connectivity index is 2.29. The van der Waals surface area contributed by atoms with Crippen molar-refractivity contribution in [3.63, 3.8) is 0 Å². The van der Waals surface area contributed by atoms with Crippen molar-refractivity contribution < 1.29 is 9.90 Å². The first-order valence-corrected chi connectivity index (χ1v) is 6.62. The van der Waals surface area contributed by atoms with E-state index in [4.69, 9.17) is 16.7 Å². The summed E-state index contributed by atoms with van der Waals surface area (Å²) in [5, 5.41) is 12.4. The molecule has 2 aromatic rings. The van der Waals surface area contributed by atoms with Crippen LogP contribution < -0.4 is 5.32 Å². The number of benzene rings is 1. The minimum Gasteiger partial charge on any atom is -0.478 e. The van der Waals surface area contributed by atoms with Crippen molar-refractivity contribution in [1.82, 2.24) is 4.98 Å². The van der Waals surface area contributed by atoms with Crippen LogP contribution in [0.4, 0.5) is 11.5 Å². The van der Waals surface area contributed by atoms with Gasteiger partial charge in [0.1, 0.15) is 16.5 Å². The molecule has 0 saturated heterocycles. The average molecular weight is 291 g/mol. The summed E-state index contributed by atoms with van der Waals surface area (Å²) in [5.41, 5.74) is 2.07. The highest BCUT2D eigenvalue weighted by atomic mass is 35.5. The first-order chi connectivity index (χ1) is 9.47. The number of hydrogen-bond acceptors (Lipinski definition) is 3. The van der Waals surface area contributed by atoms with Gasteiger partial charge in [0.2, 0.25) is 0 Å². The molecule has 104 valence electrons. The molecule has 2 rings (SSSR count). The largest absolute Gasteiger partial charge is 0.478 e. The van der Waals surface area contributed by atoms with Crippen molar-refractivity contribution in [1.29, 1.82) is 0 Å². The third-order valence-electron chi connectivity index (χ3n) is 2.93. The van der Waals surface area contributed by atoms with Crippen LogP contribution in [0.5, 0.6) is 0 Å². The fraction of sp³-hybridized carbons (Fsp3) is 0.200. The van der Waals surface area contributed by atoms with Crippen molar-refractivity contribution in [2.75, 3.05) is 5.32 Å². The second-order valence-corrected chi connectivity index (χ2v) is 5.12. The Bertz CT molecular complexity index is 624. The summed E-state index contributed by atoms with van der Waals surface area (Å²) >= 11 is 5.81. The average Bonchev–Trinajstić information content (AvgIpc) is 2.39. The molecule has 2 N–H and O–H groups in total. The molecule has 5 heteroatoms. The van der Waals surface area contributed by atoms with Crippen LogP contribution in [-0.2, 0) is 0 Å². The Morgan fingerprint density at radius 2 is 1.85 bits per heavy atom. The van der Waals surface area contributed by atoms with Gasteiger partial charge in [-0.25, -0.2) is 9.78 Å². The zero-order valence-corrected chi connectivity index (χ0v) is 12.0. The SMILES string of the molecule is CC(C)c1ccc(Nc2nc(Cl)ccc2C(=O)O)cc1. The maximum Gasteiger partial charge on any atom is 0.339 e. The molecule has 0 aliphatic carbocycles. The smallest absolute Gasteiger partial charge is 0.339 e. The van der Waals surface area contributed by atoms with Crippen LogP contribution in [0.2, 0.25) is 5.15 Å². The van der Waals surface area contributed by atoms with E-state index in [0.717, 1.165) is 5.69 Å². The number of rotatable bonds is 4. The van der Waals surface area contributed by atoms with Gasteiger partial charge < -0.3 is 10.4 Å². The molecule has 0 aliphatic heterocycles. The fourth-order valence-electron chi connectivity index (χ4n) is 1.79. The summed E-state index contributed by atoms with van der Waals surface area (Å²) < 4.78 is 0. The number of pyridine rings is 1. The van der Waals surface area contributed by atoms with Gasteiger partial charge in [0.05, 0.1) is 0 Å². The minimum absolute atomic E-state index is 0.0855. The zero-order valence-electron chi connectivity index (χ0n) is 11.2. The predicted octanol–water partition coefficient (Wildman–Crippen LogP) is 4.30. The Hall–Kier alpha value is -2.07. The Morgan fingerprint density at radius 3 is 2.40 bits per heavy atom. The molecule has 1 heterocycles. The van der Waals surface area contributed by atoms with Crippen LogP contribution >= 0.6 is 11.6 Å². The van der Waals surface area contributed by atoms with E-state index in [2.05, 4.69) is 24.1 Å². The molecular weight excluding hydrogens is 276 g/mol. The monoisotopic (exact) mass is 290 g/mol. The number of carboxylic acid groups (broad SMARTS) is 1. The van der Waals surface area contributed by atoms with Crippen molar-refractivity contribution in [3.8, 4) is 0 Å². The molecule has 0 saturated carbocycles. The first-order valence-electron chi connectivity index (χ1n) is 6.24. The number of carbonyl (C=O) groups is 1. The van der Waals surface area contributed by atoms with E-state index in [0.29, 0.717) is 5.92 Å². The van der Waals surface area contributed by atoms with E-state index in [9.17, 15) is 4.79 Å². The first kappa shape index (κ1) is 14.3. The lowest BCUT2D eigenvalue weighted by Crippen LogP contribution is -2.05. The highest BCUT2D eigenvalue weighted by Gasteiger charge is 2.12. The normalized spacial score (nSPS) is 10.6. The summed E-state index contributed by atoms with van der Waals surface area (Å²) in [4.78, 5) is 15.2. The molecular formula is C15H15ClN2O2. The van der Waals surface area contributed by atoms with Crippen molar-refractivity contribution in [2.24, 2.45) is 0 Å². The van der Waals surface area contributed by atoms with Crippen LogP contribution in [0.3, 0.4) is 0 Å². The van der Waals surface area contributed by atoms with E-state index in [1.807, 2.05) is 24.3 Å². The van der Waals surface area contributed by atoms with Gasteiger partial charge in [0.25, 0.3) is 0 Å². The van der Waals surface area contributed by atoms with Crippen LogP contribution in [0.1, 0.15) is 35.7 Å². The number of aromatic carboxylic acids is 1. The molecule has 1 aromatic carbocycles. The number of hydrogen-bond donors (Lipinski definition) is 2. The summed E-state index contributed by atoms with van der Waals surface area (Å²) in [6.45, 7) is 4.23. The number of nitrogens with one attached hydrogen (secondary N) is 1. The molecule has 20 heavy (non-hydrogen) atoms. The molecule has 0 amide bonds. The summed E-state index contributed by atoms with van der Waals surface area (Å²) in [6, 6.07) is 10.7. The Kier molecular flexibility index (Phi) is 4.25. The van der Waals surface area contributed by atoms with E-state index in [-0.39, 0.29) is 16.5 Å². The standard InChI is InChI=1S/C15H15ClN2O2/c1-9(2)10-3-5-11(6-4-10)17-14-12(15(19)20)7-8-13(16)18-14/h3-9H,1-2H3,(H,17,18)(H,19,20). The number of carboxylic acids is 1. The van der Waals surface area contributed by atoms with Gasteiger partial charge in [-0.3, -0.25) is 0 Å². The maximum absolute atomic E-state index is 11.1. The van der Waals surface area contributed by atoms with Gasteiger partial charge >= 0.3 is 5.97 Å². The summed E-state index contributed by atoms with van der Waals surface area (Å²) in [6.07, 6.45) is 0. The van der Waals surface area contributed by atoms with E-state index < -0.39 is 5.97 Å². The molecule has 0 atom stereocenters. The highest BCUT2D eigenvalue weighted by Crippen LogP contribution is 2.23. The molecule has 0 bridgehead atoms.